The fourth-order valence-corrected chi connectivity index (χ4v) is 4.27. The van der Waals surface area contributed by atoms with Gasteiger partial charge in [-0.05, 0) is 24.8 Å². The van der Waals surface area contributed by atoms with E-state index in [0.29, 0.717) is 31.1 Å². The maximum absolute atomic E-state index is 12.7. The number of guanidine groups is 1. The molecule has 1 aliphatic carbocycles. The average molecular weight is 498 g/mol. The van der Waals surface area contributed by atoms with E-state index in [9.17, 15) is 4.79 Å². The number of nitrogens with one attached hydrogen (secondary N) is 1. The quantitative estimate of drug-likeness (QED) is 0.395. The zero-order chi connectivity index (χ0) is 18.6. The van der Waals surface area contributed by atoms with Crippen molar-refractivity contribution in [3.05, 3.63) is 35.9 Å². The highest BCUT2D eigenvalue weighted by atomic mass is 127. The minimum absolute atomic E-state index is 0. The molecular weight excluding hydrogens is 467 g/mol. The molecule has 0 radical (unpaired) electrons. The minimum atomic E-state index is 0. The van der Waals surface area contributed by atoms with E-state index in [4.69, 9.17) is 4.74 Å². The van der Waals surface area contributed by atoms with Gasteiger partial charge in [0.1, 0.15) is 0 Å². The number of nitrogens with zero attached hydrogens (tertiary/aromatic N) is 3. The zero-order valence-electron chi connectivity index (χ0n) is 16.5. The lowest BCUT2D eigenvalue weighted by Crippen LogP contribution is -2.50. The molecule has 6 nitrogen and oxygen atoms in total. The summed E-state index contributed by atoms with van der Waals surface area (Å²) in [7, 11) is 1.85. The van der Waals surface area contributed by atoms with Crippen molar-refractivity contribution in [2.75, 3.05) is 46.4 Å². The Morgan fingerprint density at radius 1 is 1.07 bits per heavy atom. The Hall–Kier alpha value is -1.35. The van der Waals surface area contributed by atoms with Crippen molar-refractivity contribution >= 4 is 35.8 Å². The SMILES string of the molecule is CN=C(NC1CC1c1ccccc1)N1CCC(C(=O)N2CCOCC2)CC1.I. The van der Waals surface area contributed by atoms with Crippen LogP contribution in [0.1, 0.15) is 30.7 Å². The van der Waals surface area contributed by atoms with Crippen LogP contribution < -0.4 is 5.32 Å². The van der Waals surface area contributed by atoms with Crippen molar-refractivity contribution in [1.82, 2.24) is 15.1 Å². The molecule has 2 heterocycles. The van der Waals surface area contributed by atoms with E-state index in [2.05, 4.69) is 45.5 Å². The first kappa shape index (κ1) is 21.4. The first-order valence-corrected chi connectivity index (χ1v) is 10.2. The van der Waals surface area contributed by atoms with Gasteiger partial charge in [0.25, 0.3) is 0 Å². The lowest BCUT2D eigenvalue weighted by atomic mass is 9.95. The lowest BCUT2D eigenvalue weighted by Gasteiger charge is -2.36. The fourth-order valence-electron chi connectivity index (χ4n) is 4.27. The van der Waals surface area contributed by atoms with Gasteiger partial charge in [0, 0.05) is 51.1 Å². The van der Waals surface area contributed by atoms with Crippen LogP contribution in [0.2, 0.25) is 0 Å². The van der Waals surface area contributed by atoms with Crippen molar-refractivity contribution in [1.29, 1.82) is 0 Å². The molecule has 1 aromatic carbocycles. The number of hydrogen-bond donors (Lipinski definition) is 1. The largest absolute Gasteiger partial charge is 0.378 e. The van der Waals surface area contributed by atoms with Gasteiger partial charge in [-0.25, -0.2) is 0 Å². The van der Waals surface area contributed by atoms with Crippen LogP contribution in [-0.4, -0.2) is 74.1 Å². The van der Waals surface area contributed by atoms with E-state index < -0.39 is 0 Å². The molecule has 154 valence electrons. The van der Waals surface area contributed by atoms with Gasteiger partial charge in [-0.1, -0.05) is 30.3 Å². The van der Waals surface area contributed by atoms with Gasteiger partial charge in [0.05, 0.1) is 13.2 Å². The molecule has 1 aromatic rings. The van der Waals surface area contributed by atoms with E-state index >= 15 is 0 Å². The summed E-state index contributed by atoms with van der Waals surface area (Å²) in [5, 5.41) is 3.63. The molecule has 28 heavy (non-hydrogen) atoms. The third kappa shape index (κ3) is 4.97. The molecule has 0 aromatic heterocycles. The highest BCUT2D eigenvalue weighted by Crippen LogP contribution is 2.40. The molecule has 3 aliphatic rings. The molecule has 2 atom stereocenters. The number of carbonyl (C=O) groups is 1. The second-order valence-electron chi connectivity index (χ2n) is 7.75. The number of hydrogen-bond acceptors (Lipinski definition) is 3. The number of morpholine rings is 1. The molecule has 1 saturated carbocycles. The number of piperidine rings is 1. The Labute approximate surface area is 184 Å². The van der Waals surface area contributed by atoms with Gasteiger partial charge >= 0.3 is 0 Å². The van der Waals surface area contributed by atoms with Crippen LogP contribution in [0.5, 0.6) is 0 Å². The molecule has 4 rings (SSSR count). The van der Waals surface area contributed by atoms with Gasteiger partial charge in [0.15, 0.2) is 5.96 Å². The van der Waals surface area contributed by atoms with Crippen LogP contribution in [0.3, 0.4) is 0 Å². The summed E-state index contributed by atoms with van der Waals surface area (Å²) < 4.78 is 5.36. The van der Waals surface area contributed by atoms with Gasteiger partial charge in [-0.3, -0.25) is 9.79 Å². The third-order valence-corrected chi connectivity index (χ3v) is 6.01. The smallest absolute Gasteiger partial charge is 0.225 e. The van der Waals surface area contributed by atoms with Crippen LogP contribution >= 0.6 is 24.0 Å². The van der Waals surface area contributed by atoms with E-state index in [1.807, 2.05) is 11.9 Å². The first-order chi connectivity index (χ1) is 13.3. The number of likely N-dealkylation sites (tertiary alicyclic amines) is 1. The van der Waals surface area contributed by atoms with E-state index in [1.54, 1.807) is 0 Å². The van der Waals surface area contributed by atoms with Gasteiger partial charge in [-0.15, -0.1) is 24.0 Å². The standard InChI is InChI=1S/C21H30N4O2.HI/c1-22-21(23-19-15-18(19)16-5-3-2-4-6-16)25-9-7-17(8-10-25)20(26)24-11-13-27-14-12-24;/h2-6,17-19H,7-15H2,1H3,(H,22,23);1H. The Morgan fingerprint density at radius 2 is 1.75 bits per heavy atom. The van der Waals surface area contributed by atoms with Crippen LogP contribution in [0.4, 0.5) is 0 Å². The number of aliphatic imine (C=N–C) groups is 1. The predicted molar refractivity (Wildman–Crippen MR) is 121 cm³/mol. The Morgan fingerprint density at radius 3 is 2.39 bits per heavy atom. The van der Waals surface area contributed by atoms with Crippen LogP contribution in [-0.2, 0) is 9.53 Å². The minimum Gasteiger partial charge on any atom is -0.378 e. The molecule has 0 spiro atoms. The average Bonchev–Trinajstić information content (AvgIpc) is 3.52. The Balaban J connectivity index is 0.00000225. The third-order valence-electron chi connectivity index (χ3n) is 6.01. The van der Waals surface area contributed by atoms with Crippen LogP contribution in [0, 0.1) is 5.92 Å². The zero-order valence-corrected chi connectivity index (χ0v) is 18.9. The summed E-state index contributed by atoms with van der Waals surface area (Å²) in [6, 6.07) is 11.2. The Kier molecular flexibility index (Phi) is 7.56. The second-order valence-corrected chi connectivity index (χ2v) is 7.75. The maximum atomic E-state index is 12.7. The number of benzene rings is 1. The van der Waals surface area contributed by atoms with Crippen LogP contribution in [0.15, 0.2) is 35.3 Å². The van der Waals surface area contributed by atoms with Crippen LogP contribution in [0.25, 0.3) is 0 Å². The summed E-state index contributed by atoms with van der Waals surface area (Å²) in [5.74, 6) is 2.03. The highest BCUT2D eigenvalue weighted by molar-refractivity contribution is 14.0. The first-order valence-electron chi connectivity index (χ1n) is 10.2. The number of halogens is 1. The monoisotopic (exact) mass is 498 g/mol. The number of amides is 1. The molecular formula is C21H31IN4O2. The molecule has 7 heteroatoms. The molecule has 2 aliphatic heterocycles. The molecule has 0 bridgehead atoms. The van der Waals surface area contributed by atoms with Crippen molar-refractivity contribution in [2.24, 2.45) is 10.9 Å². The lowest BCUT2D eigenvalue weighted by molar-refractivity contribution is -0.140. The molecule has 1 amide bonds. The molecule has 3 fully saturated rings. The molecule has 2 unspecified atom stereocenters. The van der Waals surface area contributed by atoms with Crippen molar-refractivity contribution in [2.45, 2.75) is 31.2 Å². The van der Waals surface area contributed by atoms with Gasteiger partial charge in [-0.2, -0.15) is 0 Å². The second kappa shape index (κ2) is 9.91. The fraction of sp³-hybridized carbons (Fsp3) is 0.619. The number of rotatable bonds is 3. The molecule has 1 N–H and O–H groups in total. The number of ether oxygens (including phenoxy) is 1. The normalized spacial score (nSPS) is 25.8. The summed E-state index contributed by atoms with van der Waals surface area (Å²) in [5.41, 5.74) is 1.40. The van der Waals surface area contributed by atoms with Crippen molar-refractivity contribution in [3.63, 3.8) is 0 Å². The van der Waals surface area contributed by atoms with E-state index in [-0.39, 0.29) is 29.9 Å². The van der Waals surface area contributed by atoms with Gasteiger partial charge in [0.2, 0.25) is 5.91 Å². The topological polar surface area (TPSA) is 57.2 Å². The molecule has 2 saturated heterocycles. The summed E-state index contributed by atoms with van der Waals surface area (Å²) in [6.07, 6.45) is 2.97. The summed E-state index contributed by atoms with van der Waals surface area (Å²) in [4.78, 5) is 21.5. The Bertz CT molecular complexity index is 670. The van der Waals surface area contributed by atoms with E-state index in [1.165, 1.54) is 5.56 Å². The van der Waals surface area contributed by atoms with E-state index in [0.717, 1.165) is 51.4 Å². The highest BCUT2D eigenvalue weighted by Gasteiger charge is 2.40. The van der Waals surface area contributed by atoms with Crippen molar-refractivity contribution in [3.8, 4) is 0 Å². The van der Waals surface area contributed by atoms with Gasteiger partial charge < -0.3 is 19.9 Å². The van der Waals surface area contributed by atoms with Crippen molar-refractivity contribution < 1.29 is 9.53 Å². The predicted octanol–water partition coefficient (Wildman–Crippen LogP) is 2.31. The number of carbonyl (C=O) groups excluding carboxylic acids is 1. The maximum Gasteiger partial charge on any atom is 0.225 e. The summed E-state index contributed by atoms with van der Waals surface area (Å²) in [6.45, 7) is 4.61. The summed E-state index contributed by atoms with van der Waals surface area (Å²) >= 11 is 0.